The van der Waals surface area contributed by atoms with Gasteiger partial charge in [-0.1, -0.05) is 19.1 Å². The predicted octanol–water partition coefficient (Wildman–Crippen LogP) is 2.57. The molecule has 1 heterocycles. The Morgan fingerprint density at radius 1 is 1.31 bits per heavy atom. The molecule has 1 atom stereocenters. The maximum absolute atomic E-state index is 6.05. The van der Waals surface area contributed by atoms with Crippen LogP contribution in [0.1, 0.15) is 32.8 Å². The summed E-state index contributed by atoms with van der Waals surface area (Å²) in [5.74, 6) is 0. The summed E-state index contributed by atoms with van der Waals surface area (Å²) in [6.07, 6.45) is 2.17. The number of aryl methyl sites for hydroxylation is 1. The van der Waals surface area contributed by atoms with Crippen molar-refractivity contribution in [3.63, 3.8) is 0 Å². The van der Waals surface area contributed by atoms with E-state index in [-0.39, 0.29) is 5.54 Å². The monoisotopic (exact) mass is 218 g/mol. The summed E-state index contributed by atoms with van der Waals surface area (Å²) in [6, 6.07) is 9.18. The lowest BCUT2D eigenvalue weighted by Gasteiger charge is -2.33. The van der Waals surface area contributed by atoms with E-state index in [4.69, 9.17) is 5.73 Å². The number of nitrogens with two attached hydrogens (primary N) is 1. The molecule has 1 unspecified atom stereocenters. The summed E-state index contributed by atoms with van der Waals surface area (Å²) >= 11 is 0. The number of hydrogen-bond donors (Lipinski definition) is 1. The van der Waals surface area contributed by atoms with Crippen LogP contribution in [-0.4, -0.2) is 18.1 Å². The van der Waals surface area contributed by atoms with Gasteiger partial charge in [0.05, 0.1) is 0 Å². The van der Waals surface area contributed by atoms with E-state index in [1.165, 1.54) is 11.3 Å². The molecule has 1 aromatic rings. The third-order valence-corrected chi connectivity index (χ3v) is 3.57. The second kappa shape index (κ2) is 4.10. The first-order valence-electron chi connectivity index (χ1n) is 6.15. The molecule has 16 heavy (non-hydrogen) atoms. The van der Waals surface area contributed by atoms with Crippen molar-refractivity contribution in [3.8, 4) is 0 Å². The molecule has 2 nitrogen and oxygen atoms in total. The Hall–Kier alpha value is -1.02. The topological polar surface area (TPSA) is 29.3 Å². The van der Waals surface area contributed by atoms with Crippen molar-refractivity contribution < 1.29 is 0 Å². The van der Waals surface area contributed by atoms with E-state index in [1.54, 1.807) is 0 Å². The zero-order valence-corrected chi connectivity index (χ0v) is 10.5. The zero-order chi connectivity index (χ0) is 11.8. The van der Waals surface area contributed by atoms with Gasteiger partial charge >= 0.3 is 0 Å². The molecule has 2 N–H and O–H groups in total. The van der Waals surface area contributed by atoms with Gasteiger partial charge in [0.1, 0.15) is 0 Å². The fourth-order valence-corrected chi connectivity index (χ4v) is 2.66. The standard InChI is InChI=1S/C14H22N2/c1-4-11-5-7-13(8-6-11)16-10-12(15)9-14(16,2)3/h5-8,12H,4,9-10,15H2,1-3H3. The van der Waals surface area contributed by atoms with Gasteiger partial charge in [-0.3, -0.25) is 0 Å². The van der Waals surface area contributed by atoms with Crippen LogP contribution in [0.15, 0.2) is 24.3 Å². The molecule has 1 saturated heterocycles. The fraction of sp³-hybridized carbons (Fsp3) is 0.571. The molecule has 1 aliphatic rings. The van der Waals surface area contributed by atoms with Gasteiger partial charge in [0.2, 0.25) is 0 Å². The van der Waals surface area contributed by atoms with Gasteiger partial charge in [0.25, 0.3) is 0 Å². The molecular formula is C14H22N2. The second-order valence-corrected chi connectivity index (χ2v) is 5.41. The third-order valence-electron chi connectivity index (χ3n) is 3.57. The van der Waals surface area contributed by atoms with Crippen molar-refractivity contribution >= 4 is 5.69 Å². The molecule has 0 saturated carbocycles. The molecule has 0 aliphatic carbocycles. The molecule has 0 bridgehead atoms. The number of nitrogens with zero attached hydrogens (tertiary/aromatic N) is 1. The van der Waals surface area contributed by atoms with Crippen LogP contribution >= 0.6 is 0 Å². The Bertz CT molecular complexity index is 354. The molecule has 1 aliphatic heterocycles. The normalized spacial score (nSPS) is 23.8. The Balaban J connectivity index is 2.23. The van der Waals surface area contributed by atoms with E-state index in [9.17, 15) is 0 Å². The number of hydrogen-bond acceptors (Lipinski definition) is 2. The Morgan fingerprint density at radius 2 is 1.94 bits per heavy atom. The minimum Gasteiger partial charge on any atom is -0.365 e. The van der Waals surface area contributed by atoms with E-state index in [2.05, 4.69) is 49.9 Å². The first-order valence-corrected chi connectivity index (χ1v) is 6.15. The Kier molecular flexibility index (Phi) is 2.94. The minimum absolute atomic E-state index is 0.188. The first-order chi connectivity index (χ1) is 7.53. The van der Waals surface area contributed by atoms with E-state index in [1.807, 2.05) is 0 Å². The molecule has 2 heteroatoms. The van der Waals surface area contributed by atoms with Crippen molar-refractivity contribution in [1.29, 1.82) is 0 Å². The largest absolute Gasteiger partial charge is 0.365 e. The van der Waals surface area contributed by atoms with Crippen LogP contribution in [0.2, 0.25) is 0 Å². The Morgan fingerprint density at radius 3 is 2.38 bits per heavy atom. The van der Waals surface area contributed by atoms with Gasteiger partial charge in [0.15, 0.2) is 0 Å². The van der Waals surface area contributed by atoms with E-state index in [0.717, 1.165) is 19.4 Å². The van der Waals surface area contributed by atoms with Crippen molar-refractivity contribution in [2.24, 2.45) is 5.73 Å². The fourth-order valence-electron chi connectivity index (χ4n) is 2.66. The van der Waals surface area contributed by atoms with Crippen LogP contribution in [0.3, 0.4) is 0 Å². The maximum Gasteiger partial charge on any atom is 0.0371 e. The lowest BCUT2D eigenvalue weighted by Crippen LogP contribution is -2.38. The van der Waals surface area contributed by atoms with Crippen LogP contribution in [0.4, 0.5) is 5.69 Å². The van der Waals surface area contributed by atoms with E-state index in [0.29, 0.717) is 6.04 Å². The van der Waals surface area contributed by atoms with Gasteiger partial charge in [-0.2, -0.15) is 0 Å². The molecule has 0 amide bonds. The summed E-state index contributed by atoms with van der Waals surface area (Å²) in [7, 11) is 0. The van der Waals surface area contributed by atoms with Crippen LogP contribution in [0, 0.1) is 0 Å². The smallest absolute Gasteiger partial charge is 0.0371 e. The molecule has 0 spiro atoms. The van der Waals surface area contributed by atoms with Gasteiger partial charge < -0.3 is 10.6 Å². The van der Waals surface area contributed by atoms with Crippen molar-refractivity contribution in [2.75, 3.05) is 11.4 Å². The molecule has 1 fully saturated rings. The molecule has 1 aromatic carbocycles. The van der Waals surface area contributed by atoms with Crippen LogP contribution in [-0.2, 0) is 6.42 Å². The summed E-state index contributed by atoms with van der Waals surface area (Å²) in [6.45, 7) is 7.70. The van der Waals surface area contributed by atoms with Crippen molar-refractivity contribution in [3.05, 3.63) is 29.8 Å². The molecule has 2 rings (SSSR count). The van der Waals surface area contributed by atoms with Crippen molar-refractivity contribution in [1.82, 2.24) is 0 Å². The van der Waals surface area contributed by atoms with Gasteiger partial charge in [0, 0.05) is 23.8 Å². The minimum atomic E-state index is 0.188. The first kappa shape index (κ1) is 11.5. The highest BCUT2D eigenvalue weighted by Crippen LogP contribution is 2.33. The lowest BCUT2D eigenvalue weighted by molar-refractivity contribution is 0.506. The summed E-state index contributed by atoms with van der Waals surface area (Å²) < 4.78 is 0. The maximum atomic E-state index is 6.05. The summed E-state index contributed by atoms with van der Waals surface area (Å²) in [5, 5.41) is 0. The van der Waals surface area contributed by atoms with Gasteiger partial charge in [-0.25, -0.2) is 0 Å². The summed E-state index contributed by atoms with van der Waals surface area (Å²) in [4.78, 5) is 2.43. The predicted molar refractivity (Wildman–Crippen MR) is 69.8 cm³/mol. The highest BCUT2D eigenvalue weighted by molar-refractivity contribution is 5.51. The highest BCUT2D eigenvalue weighted by Gasteiger charge is 2.36. The molecule has 0 aromatic heterocycles. The number of anilines is 1. The zero-order valence-electron chi connectivity index (χ0n) is 10.5. The molecule has 0 radical (unpaired) electrons. The van der Waals surface area contributed by atoms with E-state index < -0.39 is 0 Å². The van der Waals surface area contributed by atoms with Crippen LogP contribution in [0.25, 0.3) is 0 Å². The Labute approximate surface area is 98.4 Å². The van der Waals surface area contributed by atoms with Gasteiger partial charge in [-0.05, 0) is 44.4 Å². The lowest BCUT2D eigenvalue weighted by atomic mass is 10.00. The third kappa shape index (κ3) is 2.07. The molecular weight excluding hydrogens is 196 g/mol. The quantitative estimate of drug-likeness (QED) is 0.826. The van der Waals surface area contributed by atoms with Gasteiger partial charge in [-0.15, -0.1) is 0 Å². The summed E-state index contributed by atoms with van der Waals surface area (Å²) in [5.41, 5.74) is 8.93. The highest BCUT2D eigenvalue weighted by atomic mass is 15.2. The second-order valence-electron chi connectivity index (χ2n) is 5.41. The van der Waals surface area contributed by atoms with Crippen molar-refractivity contribution in [2.45, 2.75) is 45.2 Å². The van der Waals surface area contributed by atoms with E-state index >= 15 is 0 Å². The van der Waals surface area contributed by atoms with Crippen LogP contribution < -0.4 is 10.6 Å². The van der Waals surface area contributed by atoms with Crippen LogP contribution in [0.5, 0.6) is 0 Å². The SMILES string of the molecule is CCc1ccc(N2CC(N)CC2(C)C)cc1. The number of benzene rings is 1. The number of rotatable bonds is 2. The molecule has 88 valence electrons. The average Bonchev–Trinajstić information content (AvgIpc) is 2.52. The average molecular weight is 218 g/mol.